The molecule has 0 aromatic carbocycles. The van der Waals surface area contributed by atoms with Crippen LogP contribution in [0.25, 0.3) is 0 Å². The quantitative estimate of drug-likeness (QED) is 0.606. The van der Waals surface area contributed by atoms with Crippen LogP contribution in [0.15, 0.2) is 32.3 Å². The van der Waals surface area contributed by atoms with E-state index in [0.29, 0.717) is 5.92 Å². The Morgan fingerprint density at radius 2 is 2.12 bits per heavy atom. The van der Waals surface area contributed by atoms with Crippen LogP contribution in [0, 0.1) is 5.92 Å². The highest BCUT2D eigenvalue weighted by molar-refractivity contribution is 6.08. The third kappa shape index (κ3) is 1.33. The number of fused-ring (bicyclic) bond motifs is 1. The van der Waals surface area contributed by atoms with Crippen molar-refractivity contribution >= 4 is 11.4 Å². The monoisotopic (exact) mass is 226 g/mol. The van der Waals surface area contributed by atoms with Gasteiger partial charge in [0, 0.05) is 30.3 Å². The molecule has 2 heterocycles. The van der Waals surface area contributed by atoms with E-state index in [2.05, 4.69) is 11.9 Å². The summed E-state index contributed by atoms with van der Waals surface area (Å²) < 4.78 is 0. The summed E-state index contributed by atoms with van der Waals surface area (Å²) in [7, 11) is 0. The SMILES string of the molecule is CC1=NCC2CC3=C4C(=NC3)CCCC4=C2C1. The summed E-state index contributed by atoms with van der Waals surface area (Å²) in [5.74, 6) is 0.708. The summed E-state index contributed by atoms with van der Waals surface area (Å²) in [6.45, 7) is 4.19. The second kappa shape index (κ2) is 3.41. The predicted octanol–water partition coefficient (Wildman–Crippen LogP) is 3.10. The summed E-state index contributed by atoms with van der Waals surface area (Å²) in [6.07, 6.45) is 6.17. The number of hydrogen-bond acceptors (Lipinski definition) is 2. The molecule has 2 aliphatic carbocycles. The lowest BCUT2D eigenvalue weighted by molar-refractivity contribution is 0.567. The van der Waals surface area contributed by atoms with Gasteiger partial charge in [-0.3, -0.25) is 9.98 Å². The number of allylic oxidation sites excluding steroid dienone is 2. The fraction of sp³-hybridized carbons (Fsp3) is 0.600. The Morgan fingerprint density at radius 1 is 1.18 bits per heavy atom. The van der Waals surface area contributed by atoms with Crippen molar-refractivity contribution < 1.29 is 0 Å². The van der Waals surface area contributed by atoms with E-state index < -0.39 is 0 Å². The van der Waals surface area contributed by atoms with Crippen molar-refractivity contribution in [3.63, 3.8) is 0 Å². The molecular formula is C15H18N2. The van der Waals surface area contributed by atoms with Crippen LogP contribution in [0.3, 0.4) is 0 Å². The fourth-order valence-corrected chi connectivity index (χ4v) is 3.88. The third-order valence-electron chi connectivity index (χ3n) is 4.65. The fourth-order valence-electron chi connectivity index (χ4n) is 3.88. The van der Waals surface area contributed by atoms with E-state index in [0.717, 1.165) is 19.5 Å². The first-order chi connectivity index (χ1) is 8.33. The molecule has 1 unspecified atom stereocenters. The highest BCUT2D eigenvalue weighted by atomic mass is 14.8. The summed E-state index contributed by atoms with van der Waals surface area (Å²) in [6, 6.07) is 0. The smallest absolute Gasteiger partial charge is 0.0612 e. The molecule has 1 saturated carbocycles. The highest BCUT2D eigenvalue weighted by Gasteiger charge is 2.36. The lowest BCUT2D eigenvalue weighted by Gasteiger charge is -2.34. The molecule has 0 aromatic heterocycles. The minimum Gasteiger partial charge on any atom is -0.293 e. The van der Waals surface area contributed by atoms with Crippen molar-refractivity contribution in [1.29, 1.82) is 0 Å². The largest absolute Gasteiger partial charge is 0.293 e. The van der Waals surface area contributed by atoms with Crippen molar-refractivity contribution in [3.05, 3.63) is 22.3 Å². The van der Waals surface area contributed by atoms with Gasteiger partial charge in [-0.2, -0.15) is 0 Å². The van der Waals surface area contributed by atoms with Crippen LogP contribution >= 0.6 is 0 Å². The number of rotatable bonds is 0. The average Bonchev–Trinajstić information content (AvgIpc) is 2.75. The van der Waals surface area contributed by atoms with Crippen molar-refractivity contribution in [1.82, 2.24) is 0 Å². The Morgan fingerprint density at radius 3 is 3.06 bits per heavy atom. The first kappa shape index (κ1) is 9.81. The van der Waals surface area contributed by atoms with Crippen LogP contribution in [-0.4, -0.2) is 24.5 Å². The zero-order chi connectivity index (χ0) is 11.4. The van der Waals surface area contributed by atoms with Gasteiger partial charge in [-0.25, -0.2) is 0 Å². The molecule has 0 amide bonds. The summed E-state index contributed by atoms with van der Waals surface area (Å²) in [4.78, 5) is 9.40. The Labute approximate surface area is 102 Å². The van der Waals surface area contributed by atoms with Gasteiger partial charge < -0.3 is 0 Å². The molecule has 2 nitrogen and oxygen atoms in total. The molecule has 1 fully saturated rings. The zero-order valence-electron chi connectivity index (χ0n) is 10.4. The Bertz CT molecular complexity index is 517. The molecule has 0 spiro atoms. The Hall–Kier alpha value is -1.18. The number of aliphatic imine (C=N–C) groups is 2. The first-order valence-corrected chi connectivity index (χ1v) is 6.81. The number of nitrogens with zero attached hydrogens (tertiary/aromatic N) is 2. The maximum Gasteiger partial charge on any atom is 0.0612 e. The van der Waals surface area contributed by atoms with E-state index in [9.17, 15) is 0 Å². The molecule has 0 N–H and O–H groups in total. The van der Waals surface area contributed by atoms with Gasteiger partial charge in [0.1, 0.15) is 0 Å². The molecule has 4 aliphatic rings. The third-order valence-corrected chi connectivity index (χ3v) is 4.65. The second-order valence-electron chi connectivity index (χ2n) is 5.75. The van der Waals surface area contributed by atoms with Gasteiger partial charge in [-0.05, 0) is 49.3 Å². The van der Waals surface area contributed by atoms with Crippen LogP contribution in [0.4, 0.5) is 0 Å². The molecule has 88 valence electrons. The van der Waals surface area contributed by atoms with E-state index >= 15 is 0 Å². The van der Waals surface area contributed by atoms with Gasteiger partial charge in [-0.15, -0.1) is 0 Å². The maximum absolute atomic E-state index is 4.75. The molecule has 0 bridgehead atoms. The maximum atomic E-state index is 4.75. The average molecular weight is 226 g/mol. The van der Waals surface area contributed by atoms with Crippen LogP contribution < -0.4 is 0 Å². The molecule has 17 heavy (non-hydrogen) atoms. The van der Waals surface area contributed by atoms with Crippen molar-refractivity contribution in [2.75, 3.05) is 13.1 Å². The molecule has 2 heteroatoms. The van der Waals surface area contributed by atoms with Gasteiger partial charge in [0.05, 0.1) is 6.54 Å². The molecule has 0 radical (unpaired) electrons. The summed E-state index contributed by atoms with van der Waals surface area (Å²) >= 11 is 0. The normalized spacial score (nSPS) is 31.0. The van der Waals surface area contributed by atoms with Gasteiger partial charge >= 0.3 is 0 Å². The van der Waals surface area contributed by atoms with E-state index in [1.165, 1.54) is 37.1 Å². The van der Waals surface area contributed by atoms with Gasteiger partial charge in [0.2, 0.25) is 0 Å². The minimum absolute atomic E-state index is 0.708. The van der Waals surface area contributed by atoms with Crippen molar-refractivity contribution in [2.24, 2.45) is 15.9 Å². The molecule has 0 saturated heterocycles. The van der Waals surface area contributed by atoms with E-state index in [1.54, 1.807) is 22.3 Å². The standard InChI is InChI=1S/C15H18N2/c1-9-5-13-10(7-16-9)6-11-8-17-14-4-2-3-12(13)15(11)14/h10H,2-8H2,1H3. The lowest BCUT2D eigenvalue weighted by atomic mass is 9.71. The summed E-state index contributed by atoms with van der Waals surface area (Å²) in [5.41, 5.74) is 9.36. The highest BCUT2D eigenvalue weighted by Crippen LogP contribution is 2.45. The van der Waals surface area contributed by atoms with Crippen molar-refractivity contribution in [2.45, 2.75) is 39.0 Å². The van der Waals surface area contributed by atoms with Crippen LogP contribution in [-0.2, 0) is 0 Å². The van der Waals surface area contributed by atoms with Crippen LogP contribution in [0.2, 0.25) is 0 Å². The molecule has 0 aromatic rings. The van der Waals surface area contributed by atoms with Crippen LogP contribution in [0.1, 0.15) is 39.0 Å². The van der Waals surface area contributed by atoms with Gasteiger partial charge in [0.15, 0.2) is 0 Å². The Balaban J connectivity index is 1.86. The van der Waals surface area contributed by atoms with Gasteiger partial charge in [-0.1, -0.05) is 5.57 Å². The predicted molar refractivity (Wildman–Crippen MR) is 70.9 cm³/mol. The first-order valence-electron chi connectivity index (χ1n) is 6.81. The topological polar surface area (TPSA) is 24.7 Å². The van der Waals surface area contributed by atoms with Crippen molar-refractivity contribution in [3.8, 4) is 0 Å². The molecular weight excluding hydrogens is 208 g/mol. The Kier molecular flexibility index (Phi) is 1.97. The molecule has 2 aliphatic heterocycles. The second-order valence-corrected chi connectivity index (χ2v) is 5.75. The molecule has 4 rings (SSSR count). The molecule has 1 atom stereocenters. The lowest BCUT2D eigenvalue weighted by Crippen LogP contribution is -2.26. The van der Waals surface area contributed by atoms with Crippen LogP contribution in [0.5, 0.6) is 0 Å². The zero-order valence-corrected chi connectivity index (χ0v) is 10.4. The van der Waals surface area contributed by atoms with E-state index in [4.69, 9.17) is 4.99 Å². The minimum atomic E-state index is 0.708. The van der Waals surface area contributed by atoms with E-state index in [1.807, 2.05) is 0 Å². The number of hydrogen-bond donors (Lipinski definition) is 0. The summed E-state index contributed by atoms with van der Waals surface area (Å²) in [5, 5.41) is 0. The van der Waals surface area contributed by atoms with Gasteiger partial charge in [0.25, 0.3) is 0 Å². The van der Waals surface area contributed by atoms with E-state index in [-0.39, 0.29) is 0 Å².